The van der Waals surface area contributed by atoms with Crippen LogP contribution in [-0.2, 0) is 19.1 Å². The van der Waals surface area contributed by atoms with Gasteiger partial charge in [0.1, 0.15) is 22.4 Å². The first-order valence-electron chi connectivity index (χ1n) is 10.6. The first-order chi connectivity index (χ1) is 16.9. The number of fused-ring (bicyclic) bond motifs is 1. The van der Waals surface area contributed by atoms with Crippen molar-refractivity contribution in [2.24, 2.45) is 0 Å². The van der Waals surface area contributed by atoms with Crippen LogP contribution in [0.3, 0.4) is 0 Å². The third-order valence-corrected chi connectivity index (χ3v) is 6.95. The number of amides is 3. The number of hydrogen-bond acceptors (Lipinski definition) is 8. The van der Waals surface area contributed by atoms with Gasteiger partial charge in [-0.05, 0) is 18.2 Å². The molecule has 1 saturated heterocycles. The molecule has 11 heteroatoms. The zero-order chi connectivity index (χ0) is 25.1. The lowest BCUT2D eigenvalue weighted by atomic mass is 10.1. The van der Waals surface area contributed by atoms with Gasteiger partial charge >= 0.3 is 0 Å². The van der Waals surface area contributed by atoms with Gasteiger partial charge in [-0.1, -0.05) is 42.2 Å². The summed E-state index contributed by atoms with van der Waals surface area (Å²) < 4.78 is 15.9. The van der Waals surface area contributed by atoms with Gasteiger partial charge in [0, 0.05) is 18.7 Å². The third kappa shape index (κ3) is 4.75. The number of para-hydroxylation sites is 1. The van der Waals surface area contributed by atoms with Crippen molar-refractivity contribution < 1.29 is 28.6 Å². The summed E-state index contributed by atoms with van der Waals surface area (Å²) in [6.07, 6.45) is 0. The molecular weight excluding hydrogens is 490 g/mol. The van der Waals surface area contributed by atoms with Crippen molar-refractivity contribution in [3.05, 3.63) is 52.9 Å². The topological polar surface area (TPSA) is 97.4 Å². The number of benzene rings is 2. The van der Waals surface area contributed by atoms with Crippen LogP contribution >= 0.6 is 24.0 Å². The zero-order valence-electron chi connectivity index (χ0n) is 19.3. The summed E-state index contributed by atoms with van der Waals surface area (Å²) >= 11 is 6.45. The fraction of sp³-hybridized carbons (Fsp3) is 0.250. The Morgan fingerprint density at radius 2 is 1.80 bits per heavy atom. The van der Waals surface area contributed by atoms with Crippen LogP contribution in [0, 0.1) is 0 Å². The molecule has 0 aromatic heterocycles. The van der Waals surface area contributed by atoms with E-state index in [0.717, 1.165) is 11.8 Å². The minimum absolute atomic E-state index is 0.243. The highest BCUT2D eigenvalue weighted by atomic mass is 32.2. The molecule has 2 aromatic carbocycles. The van der Waals surface area contributed by atoms with Gasteiger partial charge in [-0.3, -0.25) is 24.2 Å². The van der Waals surface area contributed by atoms with E-state index in [1.54, 1.807) is 42.5 Å². The van der Waals surface area contributed by atoms with Crippen molar-refractivity contribution >= 4 is 63.0 Å². The average Bonchev–Trinajstić information content (AvgIpc) is 3.29. The number of ether oxygens (including phenoxy) is 3. The van der Waals surface area contributed by atoms with Crippen molar-refractivity contribution in [3.63, 3.8) is 0 Å². The van der Waals surface area contributed by atoms with E-state index in [1.807, 2.05) is 0 Å². The van der Waals surface area contributed by atoms with Gasteiger partial charge in [-0.25, -0.2) is 0 Å². The molecule has 0 aliphatic carbocycles. The second-order valence-electron chi connectivity index (χ2n) is 7.54. The number of nitrogens with one attached hydrogen (secondary N) is 1. The molecule has 2 aliphatic rings. The van der Waals surface area contributed by atoms with E-state index in [0.29, 0.717) is 45.9 Å². The van der Waals surface area contributed by atoms with Crippen molar-refractivity contribution in [1.29, 1.82) is 0 Å². The molecule has 0 spiro atoms. The van der Waals surface area contributed by atoms with Crippen LogP contribution in [0.1, 0.15) is 5.56 Å². The van der Waals surface area contributed by atoms with Crippen molar-refractivity contribution in [2.75, 3.05) is 51.2 Å². The van der Waals surface area contributed by atoms with Crippen LogP contribution in [0.5, 0.6) is 11.5 Å². The Labute approximate surface area is 212 Å². The quantitative estimate of drug-likeness (QED) is 0.425. The monoisotopic (exact) mass is 513 g/mol. The summed E-state index contributed by atoms with van der Waals surface area (Å²) in [7, 11) is 4.56. The van der Waals surface area contributed by atoms with Crippen LogP contribution in [0.25, 0.3) is 5.57 Å². The molecule has 2 heterocycles. The lowest BCUT2D eigenvalue weighted by Gasteiger charge is -2.18. The molecule has 2 aromatic rings. The molecule has 35 heavy (non-hydrogen) atoms. The molecule has 3 amide bonds. The van der Waals surface area contributed by atoms with Crippen LogP contribution < -0.4 is 19.7 Å². The molecule has 0 bridgehead atoms. The first kappa shape index (κ1) is 24.7. The van der Waals surface area contributed by atoms with E-state index < -0.39 is 11.8 Å². The Hall–Kier alpha value is -3.41. The van der Waals surface area contributed by atoms with E-state index in [4.69, 9.17) is 26.4 Å². The Morgan fingerprint density at radius 3 is 2.51 bits per heavy atom. The Kier molecular flexibility index (Phi) is 7.39. The predicted octanol–water partition coefficient (Wildman–Crippen LogP) is 2.91. The highest BCUT2D eigenvalue weighted by Crippen LogP contribution is 2.44. The molecule has 1 fully saturated rings. The van der Waals surface area contributed by atoms with Crippen molar-refractivity contribution in [3.8, 4) is 11.5 Å². The van der Waals surface area contributed by atoms with Crippen molar-refractivity contribution in [2.45, 2.75) is 0 Å². The summed E-state index contributed by atoms with van der Waals surface area (Å²) in [5.41, 5.74) is 1.82. The number of nitrogens with zero attached hydrogens (tertiary/aromatic N) is 2. The minimum Gasteiger partial charge on any atom is -0.497 e. The number of thiocarbonyl (C=S) groups is 1. The molecule has 9 nitrogen and oxygen atoms in total. The highest BCUT2D eigenvalue weighted by molar-refractivity contribution is 8.26. The number of carbonyl (C=O) groups excluding carboxylic acids is 3. The molecule has 182 valence electrons. The Morgan fingerprint density at radius 1 is 1.03 bits per heavy atom. The molecule has 2 aliphatic heterocycles. The van der Waals surface area contributed by atoms with Gasteiger partial charge in [-0.15, -0.1) is 0 Å². The minimum atomic E-state index is -0.435. The number of anilines is 2. The van der Waals surface area contributed by atoms with Gasteiger partial charge < -0.3 is 19.5 Å². The fourth-order valence-corrected chi connectivity index (χ4v) is 5.20. The molecule has 0 saturated carbocycles. The number of methoxy groups -OCH3 is 3. The normalized spacial score (nSPS) is 17.2. The highest BCUT2D eigenvalue weighted by Gasteiger charge is 2.42. The summed E-state index contributed by atoms with van der Waals surface area (Å²) in [4.78, 5) is 42.6. The molecular formula is C24H23N3O6S2. The van der Waals surface area contributed by atoms with E-state index in [1.165, 1.54) is 31.1 Å². The maximum atomic E-state index is 13.5. The largest absolute Gasteiger partial charge is 0.497 e. The number of hydrogen-bond donors (Lipinski definition) is 1. The van der Waals surface area contributed by atoms with E-state index >= 15 is 0 Å². The maximum Gasteiger partial charge on any atom is 0.267 e. The van der Waals surface area contributed by atoms with E-state index in [9.17, 15) is 14.4 Å². The Bertz CT molecular complexity index is 1250. The van der Waals surface area contributed by atoms with Crippen LogP contribution in [0.2, 0.25) is 0 Å². The van der Waals surface area contributed by atoms with Crippen molar-refractivity contribution in [1.82, 2.24) is 4.90 Å². The van der Waals surface area contributed by atoms with Gasteiger partial charge in [0.25, 0.3) is 11.8 Å². The first-order valence-corrected chi connectivity index (χ1v) is 11.8. The van der Waals surface area contributed by atoms with Gasteiger partial charge in [0.05, 0.1) is 49.2 Å². The molecule has 0 unspecified atom stereocenters. The lowest BCUT2D eigenvalue weighted by molar-refractivity contribution is -0.122. The summed E-state index contributed by atoms with van der Waals surface area (Å²) in [5.74, 6) is -0.201. The van der Waals surface area contributed by atoms with Gasteiger partial charge in [0.15, 0.2) is 0 Å². The maximum absolute atomic E-state index is 13.5. The zero-order valence-corrected chi connectivity index (χ0v) is 21.0. The smallest absolute Gasteiger partial charge is 0.267 e. The second-order valence-corrected chi connectivity index (χ2v) is 9.19. The Balaban J connectivity index is 1.61. The fourth-order valence-electron chi connectivity index (χ4n) is 3.82. The van der Waals surface area contributed by atoms with Crippen LogP contribution in [0.4, 0.5) is 11.4 Å². The van der Waals surface area contributed by atoms with E-state index in [2.05, 4.69) is 5.32 Å². The van der Waals surface area contributed by atoms with Gasteiger partial charge in [-0.2, -0.15) is 0 Å². The van der Waals surface area contributed by atoms with Crippen LogP contribution in [-0.4, -0.2) is 68.0 Å². The lowest BCUT2D eigenvalue weighted by Crippen LogP contribution is -2.36. The number of thioether (sulfide) groups is 1. The summed E-state index contributed by atoms with van der Waals surface area (Å²) in [6.45, 7) is 0.364. The standard InChI is InChI=1S/C24H23N3O6S2/c1-31-11-10-26-23(30)21(35-24(26)34)20-15-6-4-5-7-17(15)27(22(20)29)13-19(28)25-16-9-8-14(32-2)12-18(16)33-3/h4-9,12H,10-11,13H2,1-3H3,(H,25,28)/b21-20+. The summed E-state index contributed by atoms with van der Waals surface area (Å²) in [5, 5.41) is 2.78. The number of rotatable bonds is 8. The molecule has 1 N–H and O–H groups in total. The molecule has 0 atom stereocenters. The van der Waals surface area contributed by atoms with Crippen LogP contribution in [0.15, 0.2) is 47.4 Å². The number of carbonyl (C=O) groups is 3. The third-order valence-electron chi connectivity index (χ3n) is 5.50. The molecule has 4 rings (SSSR count). The predicted molar refractivity (Wildman–Crippen MR) is 138 cm³/mol. The average molecular weight is 514 g/mol. The second kappa shape index (κ2) is 10.5. The summed E-state index contributed by atoms with van der Waals surface area (Å²) in [6, 6.07) is 12.1. The van der Waals surface area contributed by atoms with E-state index in [-0.39, 0.29) is 22.9 Å². The van der Waals surface area contributed by atoms with Gasteiger partial charge in [0.2, 0.25) is 5.91 Å². The molecule has 0 radical (unpaired) electrons. The SMILES string of the molecule is COCCN1C(=O)/C(=C2\C(=O)N(CC(=O)Nc3ccc(OC)cc3OC)c3ccccc32)SC1=S.